The minimum absolute atomic E-state index is 0.503. The third-order valence-corrected chi connectivity index (χ3v) is 4.12. The van der Waals surface area contributed by atoms with Crippen LogP contribution in [0.5, 0.6) is 0 Å². The number of carbonyl (C=O) groups is 1. The Morgan fingerprint density at radius 2 is 1.50 bits per heavy atom. The van der Waals surface area contributed by atoms with Crippen molar-refractivity contribution in [1.29, 1.82) is 10.5 Å². The zero-order valence-corrected chi connectivity index (χ0v) is 13.6. The number of aromatic nitrogens is 1. The fourth-order valence-electron chi connectivity index (χ4n) is 1.70. The standard InChI is InChI=1S/C13H15N3O2S2/c1-8-10(19-6-14)11(20-7-15)9(2)16(8)12(17)18-13(3,4)5/h1-5H3. The summed E-state index contributed by atoms with van der Waals surface area (Å²) in [7, 11) is 0. The molecule has 0 aliphatic carbocycles. The van der Waals surface area contributed by atoms with Gasteiger partial charge in [-0.2, -0.15) is 10.5 Å². The first-order chi connectivity index (χ1) is 9.22. The molecular weight excluding hydrogens is 294 g/mol. The minimum atomic E-state index is -0.606. The Morgan fingerprint density at radius 1 is 1.10 bits per heavy atom. The summed E-state index contributed by atoms with van der Waals surface area (Å²) in [6.45, 7) is 8.83. The van der Waals surface area contributed by atoms with Crippen LogP contribution < -0.4 is 0 Å². The van der Waals surface area contributed by atoms with Crippen LogP contribution in [-0.2, 0) is 4.74 Å². The van der Waals surface area contributed by atoms with Gasteiger partial charge in [0, 0.05) is 11.4 Å². The van der Waals surface area contributed by atoms with E-state index in [2.05, 4.69) is 0 Å². The fourth-order valence-corrected chi connectivity index (χ4v) is 3.09. The van der Waals surface area contributed by atoms with Gasteiger partial charge in [0.2, 0.25) is 0 Å². The van der Waals surface area contributed by atoms with Gasteiger partial charge in [-0.3, -0.25) is 4.57 Å². The van der Waals surface area contributed by atoms with E-state index in [1.807, 2.05) is 10.8 Å². The first-order valence-electron chi connectivity index (χ1n) is 5.80. The lowest BCUT2D eigenvalue weighted by atomic mass is 10.2. The topological polar surface area (TPSA) is 78.8 Å². The fraction of sp³-hybridized carbons (Fsp3) is 0.462. The monoisotopic (exact) mass is 309 g/mol. The number of hydrogen-bond donors (Lipinski definition) is 0. The quantitative estimate of drug-likeness (QED) is 0.606. The molecule has 0 N–H and O–H groups in total. The van der Waals surface area contributed by atoms with Crippen LogP contribution in [0.1, 0.15) is 32.2 Å². The van der Waals surface area contributed by atoms with E-state index < -0.39 is 11.7 Å². The molecule has 0 fully saturated rings. The zero-order valence-electron chi connectivity index (χ0n) is 12.0. The molecule has 0 saturated heterocycles. The average Bonchev–Trinajstić information content (AvgIpc) is 2.52. The second-order valence-electron chi connectivity index (χ2n) is 5.03. The molecular formula is C13H15N3O2S2. The van der Waals surface area contributed by atoms with Gasteiger partial charge in [0.05, 0.1) is 9.79 Å². The minimum Gasteiger partial charge on any atom is -0.443 e. The molecule has 7 heteroatoms. The molecule has 0 radical (unpaired) electrons. The van der Waals surface area contributed by atoms with Gasteiger partial charge in [0.25, 0.3) is 0 Å². The van der Waals surface area contributed by atoms with Gasteiger partial charge in [-0.15, -0.1) is 0 Å². The normalized spacial score (nSPS) is 10.8. The first-order valence-corrected chi connectivity index (χ1v) is 7.43. The van der Waals surface area contributed by atoms with Gasteiger partial charge in [0.15, 0.2) is 0 Å². The second-order valence-corrected chi connectivity index (χ2v) is 6.62. The van der Waals surface area contributed by atoms with Gasteiger partial charge in [-0.25, -0.2) is 4.79 Å². The summed E-state index contributed by atoms with van der Waals surface area (Å²) >= 11 is 1.89. The maximum absolute atomic E-state index is 12.2. The number of ether oxygens (including phenoxy) is 1. The SMILES string of the molecule is Cc1c(SC#N)c(SC#N)c(C)n1C(=O)OC(C)(C)C. The largest absolute Gasteiger partial charge is 0.443 e. The average molecular weight is 309 g/mol. The highest BCUT2D eigenvalue weighted by atomic mass is 32.2. The van der Waals surface area contributed by atoms with Crippen LogP contribution in [0.25, 0.3) is 0 Å². The van der Waals surface area contributed by atoms with Crippen molar-refractivity contribution < 1.29 is 9.53 Å². The molecule has 1 heterocycles. The Morgan fingerprint density at radius 3 is 1.80 bits per heavy atom. The van der Waals surface area contributed by atoms with Gasteiger partial charge >= 0.3 is 6.09 Å². The molecule has 1 rings (SSSR count). The van der Waals surface area contributed by atoms with Crippen molar-refractivity contribution in [3.63, 3.8) is 0 Å². The zero-order chi connectivity index (χ0) is 15.5. The maximum Gasteiger partial charge on any atom is 0.419 e. The van der Waals surface area contributed by atoms with Gasteiger partial charge in [0.1, 0.15) is 16.4 Å². The highest BCUT2D eigenvalue weighted by Crippen LogP contribution is 2.38. The summed E-state index contributed by atoms with van der Waals surface area (Å²) in [4.78, 5) is 13.5. The third-order valence-electron chi connectivity index (χ3n) is 2.41. The Kier molecular flexibility index (Phi) is 5.15. The number of nitrogens with zero attached hydrogens (tertiary/aromatic N) is 3. The van der Waals surface area contributed by atoms with Gasteiger partial charge in [-0.05, 0) is 58.1 Å². The van der Waals surface area contributed by atoms with Crippen LogP contribution in [0.3, 0.4) is 0 Å². The number of nitriles is 2. The van der Waals surface area contributed by atoms with Crippen LogP contribution in [0.2, 0.25) is 0 Å². The lowest BCUT2D eigenvalue weighted by Crippen LogP contribution is -2.28. The van der Waals surface area contributed by atoms with E-state index in [-0.39, 0.29) is 0 Å². The van der Waals surface area contributed by atoms with E-state index >= 15 is 0 Å². The first kappa shape index (κ1) is 16.5. The Labute approximate surface area is 126 Å². The van der Waals surface area contributed by atoms with Crippen LogP contribution in [0.4, 0.5) is 4.79 Å². The lowest BCUT2D eigenvalue weighted by Gasteiger charge is -2.20. The molecule has 5 nitrogen and oxygen atoms in total. The van der Waals surface area contributed by atoms with Crippen molar-refractivity contribution >= 4 is 29.6 Å². The van der Waals surface area contributed by atoms with Gasteiger partial charge < -0.3 is 4.74 Å². The molecule has 1 aromatic rings. The summed E-state index contributed by atoms with van der Waals surface area (Å²) in [6, 6.07) is 0. The van der Waals surface area contributed by atoms with E-state index in [4.69, 9.17) is 15.3 Å². The predicted octanol–water partition coefficient (Wildman–Crippen LogP) is 4.03. The molecule has 0 saturated carbocycles. The van der Waals surface area contributed by atoms with Crippen molar-refractivity contribution in [2.75, 3.05) is 0 Å². The molecule has 0 atom stereocenters. The molecule has 106 valence electrons. The molecule has 0 amide bonds. The van der Waals surface area contributed by atoms with Crippen LogP contribution in [-0.4, -0.2) is 16.3 Å². The Balaban J connectivity index is 3.35. The van der Waals surface area contributed by atoms with Crippen molar-refractivity contribution in [1.82, 2.24) is 4.57 Å². The Hall–Kier alpha value is -1.57. The van der Waals surface area contributed by atoms with Crippen molar-refractivity contribution in [3.05, 3.63) is 11.4 Å². The molecule has 0 bridgehead atoms. The summed E-state index contributed by atoms with van der Waals surface area (Å²) in [6.07, 6.45) is -0.503. The number of rotatable bonds is 2. The van der Waals surface area contributed by atoms with Crippen LogP contribution >= 0.6 is 23.5 Å². The molecule has 0 unspecified atom stereocenters. The Bertz CT molecular complexity index is 576. The molecule has 0 spiro atoms. The van der Waals surface area contributed by atoms with E-state index in [1.54, 1.807) is 34.6 Å². The highest BCUT2D eigenvalue weighted by Gasteiger charge is 2.26. The summed E-state index contributed by atoms with van der Waals surface area (Å²) < 4.78 is 6.76. The predicted molar refractivity (Wildman–Crippen MR) is 78.5 cm³/mol. The van der Waals surface area contributed by atoms with Gasteiger partial charge in [-0.1, -0.05) is 0 Å². The van der Waals surface area contributed by atoms with E-state index in [0.717, 1.165) is 23.5 Å². The van der Waals surface area contributed by atoms with Crippen molar-refractivity contribution in [2.45, 2.75) is 50.0 Å². The number of carbonyl (C=O) groups excluding carboxylic acids is 1. The van der Waals surface area contributed by atoms with Crippen molar-refractivity contribution in [3.8, 4) is 10.8 Å². The second kappa shape index (κ2) is 6.25. The molecule has 0 aliphatic heterocycles. The number of hydrogen-bond acceptors (Lipinski definition) is 6. The molecule has 0 aliphatic rings. The van der Waals surface area contributed by atoms with Crippen molar-refractivity contribution in [2.24, 2.45) is 0 Å². The van der Waals surface area contributed by atoms with E-state index in [0.29, 0.717) is 21.2 Å². The third kappa shape index (κ3) is 3.50. The smallest absolute Gasteiger partial charge is 0.419 e. The van der Waals surface area contributed by atoms with E-state index in [1.165, 1.54) is 4.57 Å². The maximum atomic E-state index is 12.2. The molecule has 0 aromatic carbocycles. The highest BCUT2D eigenvalue weighted by molar-refractivity contribution is 8.06. The van der Waals surface area contributed by atoms with Crippen LogP contribution in [0.15, 0.2) is 9.79 Å². The summed E-state index contributed by atoms with van der Waals surface area (Å²) in [5.74, 6) is 0. The summed E-state index contributed by atoms with van der Waals surface area (Å²) in [5.41, 5.74) is 0.618. The van der Waals surface area contributed by atoms with E-state index in [9.17, 15) is 4.79 Å². The van der Waals surface area contributed by atoms with Crippen LogP contribution in [0, 0.1) is 35.2 Å². The lowest BCUT2D eigenvalue weighted by molar-refractivity contribution is 0.0530. The summed E-state index contributed by atoms with van der Waals surface area (Å²) in [5, 5.41) is 21.7. The molecule has 1 aromatic heterocycles. The molecule has 20 heavy (non-hydrogen) atoms. The number of thiocyanates is 2. The number of thioether (sulfide) groups is 2.